The highest BCUT2D eigenvalue weighted by Gasteiger charge is 2.27. The molecule has 1 aliphatic rings. The first-order valence-electron chi connectivity index (χ1n) is 4.74. The second kappa shape index (κ2) is 2.88. The Morgan fingerprint density at radius 2 is 1.67 bits per heavy atom. The van der Waals surface area contributed by atoms with Crippen LogP contribution in [0.15, 0.2) is 22.4 Å². The van der Waals surface area contributed by atoms with Crippen LogP contribution in [0.5, 0.6) is 0 Å². The van der Waals surface area contributed by atoms with E-state index in [0.29, 0.717) is 5.92 Å². The summed E-state index contributed by atoms with van der Waals surface area (Å²) >= 11 is 0. The lowest BCUT2D eigenvalue weighted by Crippen LogP contribution is -2.23. The smallest absolute Gasteiger partial charge is 0.0775 e. The zero-order chi connectivity index (χ0) is 9.52. The predicted molar refractivity (Wildman–Crippen MR) is 59.0 cm³/mol. The van der Waals surface area contributed by atoms with Crippen LogP contribution in [-0.2, 0) is 0 Å². The van der Waals surface area contributed by atoms with Gasteiger partial charge in [-0.25, -0.2) is 0 Å². The maximum atomic E-state index is 2.47. The van der Waals surface area contributed by atoms with Crippen LogP contribution in [0.3, 0.4) is 0 Å². The Morgan fingerprint density at radius 1 is 1.17 bits per heavy atom. The molecule has 0 amide bonds. The van der Waals surface area contributed by atoms with E-state index in [1.807, 2.05) is 0 Å². The fourth-order valence-electron chi connectivity index (χ4n) is 1.87. The van der Waals surface area contributed by atoms with Crippen LogP contribution in [0, 0.1) is 5.92 Å². The Labute approximate surface area is 77.4 Å². The van der Waals surface area contributed by atoms with E-state index in [1.165, 1.54) is 0 Å². The third-order valence-corrected chi connectivity index (χ3v) is 5.06. The molecular weight excluding hydrogens is 160 g/mol. The summed E-state index contributed by atoms with van der Waals surface area (Å²) in [4.78, 5) is 0. The second-order valence-corrected chi connectivity index (χ2v) is 9.97. The van der Waals surface area contributed by atoms with Gasteiger partial charge < -0.3 is 0 Å². The number of allylic oxidation sites excluding steroid dienone is 4. The van der Waals surface area contributed by atoms with Crippen molar-refractivity contribution in [1.29, 1.82) is 0 Å². The summed E-state index contributed by atoms with van der Waals surface area (Å²) in [5, 5.41) is 1.67. The fourth-order valence-corrected chi connectivity index (χ4v) is 3.94. The monoisotopic (exact) mass is 180 g/mol. The highest BCUT2D eigenvalue weighted by atomic mass is 28.3. The molecule has 1 atom stereocenters. The van der Waals surface area contributed by atoms with Crippen molar-refractivity contribution < 1.29 is 0 Å². The van der Waals surface area contributed by atoms with Crippen LogP contribution in [0.1, 0.15) is 20.8 Å². The summed E-state index contributed by atoms with van der Waals surface area (Å²) in [5.41, 5.74) is 3.15. The van der Waals surface area contributed by atoms with E-state index >= 15 is 0 Å². The van der Waals surface area contributed by atoms with Gasteiger partial charge in [0.05, 0.1) is 8.07 Å². The minimum atomic E-state index is -1.07. The Morgan fingerprint density at radius 3 is 1.83 bits per heavy atom. The van der Waals surface area contributed by atoms with Crippen LogP contribution in [0.4, 0.5) is 0 Å². The van der Waals surface area contributed by atoms with Crippen molar-refractivity contribution in [3.63, 3.8) is 0 Å². The molecule has 0 aromatic carbocycles. The molecule has 12 heavy (non-hydrogen) atoms. The van der Waals surface area contributed by atoms with Crippen LogP contribution in [0.2, 0.25) is 19.6 Å². The zero-order valence-electron chi connectivity index (χ0n) is 9.15. The molecule has 0 bridgehead atoms. The Hall–Kier alpha value is -0.303. The normalized spacial score (nSPS) is 24.8. The molecule has 0 heterocycles. The molecule has 0 saturated heterocycles. The minimum absolute atomic E-state index is 0.687. The quantitative estimate of drug-likeness (QED) is 0.539. The average Bonchev–Trinajstić information content (AvgIpc) is 2.15. The lowest BCUT2D eigenvalue weighted by molar-refractivity contribution is 0.875. The predicted octanol–water partition coefficient (Wildman–Crippen LogP) is 3.78. The fraction of sp³-hybridized carbons (Fsp3) is 0.636. The number of rotatable bonds is 1. The largest absolute Gasteiger partial charge is 0.0781 e. The van der Waals surface area contributed by atoms with Crippen molar-refractivity contribution in [3.05, 3.63) is 22.4 Å². The molecule has 0 aromatic heterocycles. The standard InChI is InChI=1S/C11H20Si/c1-8-7-11(12(4,5)6)10(3)9(8)2/h7-8H,1-6H3. The van der Waals surface area contributed by atoms with Crippen molar-refractivity contribution in [2.75, 3.05) is 0 Å². The SMILES string of the molecule is CC1=C(C)C(C)C=C1[Si](C)(C)C. The van der Waals surface area contributed by atoms with Crippen LogP contribution >= 0.6 is 0 Å². The van der Waals surface area contributed by atoms with E-state index in [-0.39, 0.29) is 0 Å². The van der Waals surface area contributed by atoms with E-state index in [1.54, 1.807) is 16.3 Å². The van der Waals surface area contributed by atoms with Gasteiger partial charge in [-0.2, -0.15) is 0 Å². The summed E-state index contributed by atoms with van der Waals surface area (Å²) in [6.45, 7) is 14.1. The molecular formula is C11H20Si. The van der Waals surface area contributed by atoms with Gasteiger partial charge >= 0.3 is 0 Å². The first-order valence-corrected chi connectivity index (χ1v) is 8.24. The Bertz CT molecular complexity index is 251. The van der Waals surface area contributed by atoms with E-state index in [9.17, 15) is 0 Å². The third kappa shape index (κ3) is 1.56. The van der Waals surface area contributed by atoms with Gasteiger partial charge in [0.1, 0.15) is 0 Å². The summed E-state index contributed by atoms with van der Waals surface area (Å²) in [5.74, 6) is 0.687. The molecule has 0 N–H and O–H groups in total. The topological polar surface area (TPSA) is 0 Å². The van der Waals surface area contributed by atoms with Crippen LogP contribution in [-0.4, -0.2) is 8.07 Å². The van der Waals surface area contributed by atoms with Gasteiger partial charge in [0.2, 0.25) is 0 Å². The molecule has 0 aromatic rings. The minimum Gasteiger partial charge on any atom is -0.0781 e. The molecule has 0 saturated carbocycles. The maximum Gasteiger partial charge on any atom is 0.0775 e. The van der Waals surface area contributed by atoms with Crippen LogP contribution in [0.25, 0.3) is 0 Å². The van der Waals surface area contributed by atoms with E-state index in [4.69, 9.17) is 0 Å². The summed E-state index contributed by atoms with van der Waals surface area (Å²) in [6.07, 6.45) is 2.47. The molecule has 0 aliphatic heterocycles. The molecule has 0 radical (unpaired) electrons. The van der Waals surface area contributed by atoms with Gasteiger partial charge in [0.25, 0.3) is 0 Å². The van der Waals surface area contributed by atoms with Crippen molar-refractivity contribution in [3.8, 4) is 0 Å². The zero-order valence-corrected chi connectivity index (χ0v) is 10.2. The highest BCUT2D eigenvalue weighted by molar-refractivity contribution is 6.84. The van der Waals surface area contributed by atoms with Crippen LogP contribution < -0.4 is 0 Å². The molecule has 1 unspecified atom stereocenters. The summed E-state index contributed by atoms with van der Waals surface area (Å²) in [6, 6.07) is 0. The lowest BCUT2D eigenvalue weighted by Gasteiger charge is -2.19. The Balaban J connectivity index is 3.05. The van der Waals surface area contributed by atoms with Gasteiger partial charge in [0.15, 0.2) is 0 Å². The number of hydrogen-bond acceptors (Lipinski definition) is 0. The Kier molecular flexibility index (Phi) is 2.35. The van der Waals surface area contributed by atoms with Gasteiger partial charge in [-0.1, -0.05) is 49.0 Å². The summed E-state index contributed by atoms with van der Waals surface area (Å²) in [7, 11) is -1.07. The molecule has 1 rings (SSSR count). The van der Waals surface area contributed by atoms with Crippen molar-refractivity contribution in [2.24, 2.45) is 5.92 Å². The second-order valence-electron chi connectivity index (χ2n) is 4.93. The first kappa shape index (κ1) is 9.78. The van der Waals surface area contributed by atoms with Gasteiger partial charge in [-0.15, -0.1) is 0 Å². The van der Waals surface area contributed by atoms with Crippen molar-refractivity contribution >= 4 is 8.07 Å². The molecule has 68 valence electrons. The lowest BCUT2D eigenvalue weighted by atomic mass is 10.1. The third-order valence-electron chi connectivity index (χ3n) is 2.90. The molecule has 0 spiro atoms. The molecule has 0 fully saturated rings. The van der Waals surface area contributed by atoms with Gasteiger partial charge in [-0.05, 0) is 19.8 Å². The van der Waals surface area contributed by atoms with Gasteiger partial charge in [-0.3, -0.25) is 0 Å². The van der Waals surface area contributed by atoms with Gasteiger partial charge in [0, 0.05) is 0 Å². The van der Waals surface area contributed by atoms with E-state index in [2.05, 4.69) is 46.5 Å². The molecule has 1 heteroatoms. The first-order chi connectivity index (χ1) is 5.34. The average molecular weight is 180 g/mol. The molecule has 0 nitrogen and oxygen atoms in total. The summed E-state index contributed by atoms with van der Waals surface area (Å²) < 4.78 is 0. The van der Waals surface area contributed by atoms with Crippen molar-refractivity contribution in [1.82, 2.24) is 0 Å². The molecule has 1 aliphatic carbocycles. The number of hydrogen-bond donors (Lipinski definition) is 0. The van der Waals surface area contributed by atoms with E-state index < -0.39 is 8.07 Å². The van der Waals surface area contributed by atoms with E-state index in [0.717, 1.165) is 0 Å². The highest BCUT2D eigenvalue weighted by Crippen LogP contribution is 2.35. The van der Waals surface area contributed by atoms with Crippen molar-refractivity contribution in [2.45, 2.75) is 40.4 Å². The maximum absolute atomic E-state index is 2.47.